The third-order valence-electron chi connectivity index (χ3n) is 2.91. The summed E-state index contributed by atoms with van der Waals surface area (Å²) >= 11 is 3.38. The highest BCUT2D eigenvalue weighted by molar-refractivity contribution is 9.10. The minimum absolute atomic E-state index is 0.0545. The standard InChI is InChI=1S/C15H16BrNO3/c1-11(18)13-6-5-12(16)10-14(13)20-9-8-17-7-3-2-4-15(17)19/h2-7,10-11,18H,8-9H2,1H3/t11-/m0/s1. The van der Waals surface area contributed by atoms with Gasteiger partial charge in [-0.05, 0) is 25.1 Å². The number of rotatable bonds is 5. The molecule has 0 radical (unpaired) electrons. The lowest BCUT2D eigenvalue weighted by molar-refractivity contribution is 0.190. The Morgan fingerprint density at radius 2 is 2.15 bits per heavy atom. The van der Waals surface area contributed by atoms with Gasteiger partial charge < -0.3 is 14.4 Å². The largest absolute Gasteiger partial charge is 0.491 e. The highest BCUT2D eigenvalue weighted by Crippen LogP contribution is 2.28. The van der Waals surface area contributed by atoms with Gasteiger partial charge in [-0.2, -0.15) is 0 Å². The van der Waals surface area contributed by atoms with Crippen molar-refractivity contribution in [1.82, 2.24) is 4.57 Å². The van der Waals surface area contributed by atoms with E-state index in [1.54, 1.807) is 23.8 Å². The van der Waals surface area contributed by atoms with E-state index in [1.807, 2.05) is 24.3 Å². The molecule has 1 heterocycles. The highest BCUT2D eigenvalue weighted by Gasteiger charge is 2.09. The molecular weight excluding hydrogens is 322 g/mol. The first-order chi connectivity index (χ1) is 9.58. The topological polar surface area (TPSA) is 51.5 Å². The van der Waals surface area contributed by atoms with Crippen molar-refractivity contribution in [3.8, 4) is 5.75 Å². The van der Waals surface area contributed by atoms with Crippen molar-refractivity contribution in [3.05, 3.63) is 63.0 Å². The number of nitrogens with zero attached hydrogens (tertiary/aromatic N) is 1. The lowest BCUT2D eigenvalue weighted by Crippen LogP contribution is -2.21. The molecule has 4 nitrogen and oxygen atoms in total. The first-order valence-electron chi connectivity index (χ1n) is 6.33. The van der Waals surface area contributed by atoms with Crippen LogP contribution in [0.15, 0.2) is 51.9 Å². The van der Waals surface area contributed by atoms with Crippen molar-refractivity contribution in [2.45, 2.75) is 19.6 Å². The van der Waals surface area contributed by atoms with E-state index in [1.165, 1.54) is 6.07 Å². The Balaban J connectivity index is 2.06. The fourth-order valence-electron chi connectivity index (χ4n) is 1.88. The first kappa shape index (κ1) is 14.8. The van der Waals surface area contributed by atoms with Crippen molar-refractivity contribution in [2.24, 2.45) is 0 Å². The van der Waals surface area contributed by atoms with Gasteiger partial charge in [0.1, 0.15) is 12.4 Å². The molecule has 0 saturated heterocycles. The van der Waals surface area contributed by atoms with Crippen molar-refractivity contribution >= 4 is 15.9 Å². The van der Waals surface area contributed by atoms with Crippen molar-refractivity contribution in [3.63, 3.8) is 0 Å². The van der Waals surface area contributed by atoms with E-state index in [9.17, 15) is 9.90 Å². The predicted molar refractivity (Wildman–Crippen MR) is 81.0 cm³/mol. The van der Waals surface area contributed by atoms with E-state index in [-0.39, 0.29) is 5.56 Å². The van der Waals surface area contributed by atoms with E-state index in [4.69, 9.17) is 4.74 Å². The zero-order chi connectivity index (χ0) is 14.5. The van der Waals surface area contributed by atoms with Gasteiger partial charge in [0.05, 0.1) is 12.6 Å². The second-order valence-corrected chi connectivity index (χ2v) is 5.35. The molecule has 0 amide bonds. The van der Waals surface area contributed by atoms with Gasteiger partial charge in [-0.1, -0.05) is 28.1 Å². The summed E-state index contributed by atoms with van der Waals surface area (Å²) in [5.74, 6) is 0.623. The van der Waals surface area contributed by atoms with Crippen LogP contribution in [0.25, 0.3) is 0 Å². The lowest BCUT2D eigenvalue weighted by Gasteiger charge is -2.14. The Hall–Kier alpha value is -1.59. The number of benzene rings is 1. The number of ether oxygens (including phenoxy) is 1. The number of pyridine rings is 1. The molecule has 1 atom stereocenters. The third-order valence-corrected chi connectivity index (χ3v) is 3.41. The molecule has 0 aliphatic carbocycles. The fraction of sp³-hybridized carbons (Fsp3) is 0.267. The Labute approximate surface area is 125 Å². The molecule has 5 heteroatoms. The van der Waals surface area contributed by atoms with Crippen LogP contribution < -0.4 is 10.3 Å². The number of aliphatic hydroxyl groups is 1. The van der Waals surface area contributed by atoms with Crippen LogP contribution >= 0.6 is 15.9 Å². The van der Waals surface area contributed by atoms with Gasteiger partial charge in [-0.25, -0.2) is 0 Å². The molecule has 2 aromatic rings. The van der Waals surface area contributed by atoms with Gasteiger partial charge in [-0.15, -0.1) is 0 Å². The van der Waals surface area contributed by atoms with Gasteiger partial charge in [-0.3, -0.25) is 4.79 Å². The Morgan fingerprint density at radius 3 is 2.85 bits per heavy atom. The molecule has 1 aromatic heterocycles. The average Bonchev–Trinajstić information content (AvgIpc) is 2.41. The molecule has 1 N–H and O–H groups in total. The Kier molecular flexibility index (Phi) is 4.98. The van der Waals surface area contributed by atoms with Gasteiger partial charge in [0.25, 0.3) is 5.56 Å². The number of aromatic nitrogens is 1. The summed E-state index contributed by atoms with van der Waals surface area (Å²) in [6.07, 6.45) is 1.12. The second-order valence-electron chi connectivity index (χ2n) is 4.44. The van der Waals surface area contributed by atoms with Gasteiger partial charge in [0.2, 0.25) is 0 Å². The molecule has 0 bridgehead atoms. The maximum atomic E-state index is 11.6. The Morgan fingerprint density at radius 1 is 1.35 bits per heavy atom. The maximum Gasteiger partial charge on any atom is 0.250 e. The summed E-state index contributed by atoms with van der Waals surface area (Å²) in [5, 5.41) is 9.71. The summed E-state index contributed by atoms with van der Waals surface area (Å²) in [5.41, 5.74) is 0.676. The molecule has 20 heavy (non-hydrogen) atoms. The predicted octanol–water partition coefficient (Wildman–Crippen LogP) is 2.74. The fourth-order valence-corrected chi connectivity index (χ4v) is 2.22. The molecule has 0 aliphatic rings. The van der Waals surface area contributed by atoms with E-state index in [2.05, 4.69) is 15.9 Å². The average molecular weight is 338 g/mol. The summed E-state index contributed by atoms with van der Waals surface area (Å²) in [6, 6.07) is 10.5. The molecule has 1 aromatic carbocycles. The quantitative estimate of drug-likeness (QED) is 0.912. The zero-order valence-electron chi connectivity index (χ0n) is 11.1. The molecule has 2 rings (SSSR count). The monoisotopic (exact) mass is 337 g/mol. The highest BCUT2D eigenvalue weighted by atomic mass is 79.9. The van der Waals surface area contributed by atoms with Gasteiger partial charge >= 0.3 is 0 Å². The smallest absolute Gasteiger partial charge is 0.250 e. The summed E-state index contributed by atoms with van der Waals surface area (Å²) < 4.78 is 8.15. The van der Waals surface area contributed by atoms with Crippen molar-refractivity contribution in [1.29, 1.82) is 0 Å². The van der Waals surface area contributed by atoms with E-state index in [0.717, 1.165) is 10.0 Å². The number of hydrogen-bond donors (Lipinski definition) is 1. The molecule has 0 spiro atoms. The van der Waals surface area contributed by atoms with Crippen molar-refractivity contribution in [2.75, 3.05) is 6.61 Å². The SMILES string of the molecule is C[C@H](O)c1ccc(Br)cc1OCCn1ccccc1=O. The number of halogens is 1. The Bertz CT molecular complexity index is 637. The van der Waals surface area contributed by atoms with Crippen LogP contribution in [-0.2, 0) is 6.54 Å². The van der Waals surface area contributed by atoms with Crippen LogP contribution in [0.4, 0.5) is 0 Å². The lowest BCUT2D eigenvalue weighted by atomic mass is 10.1. The van der Waals surface area contributed by atoms with Crippen LogP contribution in [0.1, 0.15) is 18.6 Å². The van der Waals surface area contributed by atoms with Crippen molar-refractivity contribution < 1.29 is 9.84 Å². The minimum Gasteiger partial charge on any atom is -0.491 e. The first-order valence-corrected chi connectivity index (χ1v) is 7.13. The van der Waals surface area contributed by atoms with Crippen LogP contribution in [0.5, 0.6) is 5.75 Å². The van der Waals surface area contributed by atoms with Gasteiger partial charge in [0.15, 0.2) is 0 Å². The number of aliphatic hydroxyl groups excluding tert-OH is 1. The van der Waals surface area contributed by atoms with E-state index >= 15 is 0 Å². The second kappa shape index (κ2) is 6.72. The molecular formula is C15H16BrNO3. The third kappa shape index (κ3) is 3.71. The van der Waals surface area contributed by atoms with Gasteiger partial charge in [0, 0.05) is 22.3 Å². The van der Waals surface area contributed by atoms with Crippen LogP contribution in [0, 0.1) is 0 Å². The zero-order valence-corrected chi connectivity index (χ0v) is 12.7. The minimum atomic E-state index is -0.599. The number of hydrogen-bond acceptors (Lipinski definition) is 3. The summed E-state index contributed by atoms with van der Waals surface area (Å²) in [7, 11) is 0. The molecule has 0 unspecified atom stereocenters. The molecule has 0 saturated carbocycles. The normalized spacial score (nSPS) is 12.2. The van der Waals surface area contributed by atoms with E-state index in [0.29, 0.717) is 18.9 Å². The summed E-state index contributed by atoms with van der Waals surface area (Å²) in [6.45, 7) is 2.52. The van der Waals surface area contributed by atoms with Crippen LogP contribution in [-0.4, -0.2) is 16.3 Å². The summed E-state index contributed by atoms with van der Waals surface area (Å²) in [4.78, 5) is 11.6. The molecule has 0 aliphatic heterocycles. The van der Waals surface area contributed by atoms with Crippen LogP contribution in [0.2, 0.25) is 0 Å². The van der Waals surface area contributed by atoms with E-state index < -0.39 is 6.10 Å². The molecule has 106 valence electrons. The van der Waals surface area contributed by atoms with Crippen LogP contribution in [0.3, 0.4) is 0 Å². The maximum absolute atomic E-state index is 11.6. The molecule has 0 fully saturated rings.